The summed E-state index contributed by atoms with van der Waals surface area (Å²) < 4.78 is 0. The van der Waals surface area contributed by atoms with Gasteiger partial charge in [0.05, 0.1) is 5.51 Å². The number of nitrogens with zero attached hydrogens (tertiary/aromatic N) is 2. The summed E-state index contributed by atoms with van der Waals surface area (Å²) in [5.74, 6) is -0.359. The lowest BCUT2D eigenvalue weighted by molar-refractivity contribution is -0.118. The monoisotopic (exact) mass is 301 g/mol. The second-order valence-corrected chi connectivity index (χ2v) is 5.73. The molecule has 0 saturated carbocycles. The van der Waals surface area contributed by atoms with Crippen molar-refractivity contribution in [1.29, 1.82) is 0 Å². The second-order valence-electron chi connectivity index (χ2n) is 5.01. The molecule has 6 heteroatoms. The summed E-state index contributed by atoms with van der Waals surface area (Å²) in [4.78, 5) is 30.0. The highest BCUT2D eigenvalue weighted by Crippen LogP contribution is 2.22. The molecule has 0 spiro atoms. The molecule has 3 rings (SSSR count). The van der Waals surface area contributed by atoms with Gasteiger partial charge in [-0.1, -0.05) is 17.7 Å². The van der Waals surface area contributed by atoms with Gasteiger partial charge in [0.2, 0.25) is 5.91 Å². The number of thiazole rings is 1. The van der Waals surface area contributed by atoms with Crippen molar-refractivity contribution in [3.8, 4) is 0 Å². The molecule has 1 aliphatic rings. The van der Waals surface area contributed by atoms with E-state index in [4.69, 9.17) is 0 Å². The van der Waals surface area contributed by atoms with Gasteiger partial charge < -0.3 is 10.2 Å². The summed E-state index contributed by atoms with van der Waals surface area (Å²) in [7, 11) is 0. The molecule has 1 fully saturated rings. The van der Waals surface area contributed by atoms with Crippen molar-refractivity contribution in [2.24, 2.45) is 0 Å². The van der Waals surface area contributed by atoms with Gasteiger partial charge in [0, 0.05) is 17.6 Å². The van der Waals surface area contributed by atoms with Gasteiger partial charge >= 0.3 is 0 Å². The Morgan fingerprint density at radius 1 is 1.38 bits per heavy atom. The minimum Gasteiger partial charge on any atom is -0.339 e. The lowest BCUT2D eigenvalue weighted by Crippen LogP contribution is -2.41. The number of anilines is 1. The predicted octanol–water partition coefficient (Wildman–Crippen LogP) is 1.99. The number of amides is 2. The molecule has 0 bridgehead atoms. The molecule has 21 heavy (non-hydrogen) atoms. The van der Waals surface area contributed by atoms with Crippen molar-refractivity contribution in [3.05, 3.63) is 46.4 Å². The third-order valence-electron chi connectivity index (χ3n) is 3.52. The van der Waals surface area contributed by atoms with E-state index < -0.39 is 6.04 Å². The van der Waals surface area contributed by atoms with Gasteiger partial charge in [-0.3, -0.25) is 9.59 Å². The maximum absolute atomic E-state index is 12.4. The van der Waals surface area contributed by atoms with E-state index in [1.54, 1.807) is 15.8 Å². The Kier molecular flexibility index (Phi) is 3.70. The van der Waals surface area contributed by atoms with Crippen LogP contribution in [0.15, 0.2) is 35.2 Å². The Balaban J connectivity index is 1.69. The topological polar surface area (TPSA) is 62.3 Å². The van der Waals surface area contributed by atoms with Crippen LogP contribution in [-0.2, 0) is 4.79 Å². The third kappa shape index (κ3) is 2.80. The van der Waals surface area contributed by atoms with Crippen molar-refractivity contribution in [2.75, 3.05) is 11.4 Å². The number of nitrogens with one attached hydrogen (secondary N) is 1. The highest BCUT2D eigenvalue weighted by molar-refractivity contribution is 7.07. The van der Waals surface area contributed by atoms with Crippen LogP contribution < -0.4 is 10.2 Å². The van der Waals surface area contributed by atoms with Crippen LogP contribution in [0, 0.1) is 6.92 Å². The number of hydrogen-bond donors (Lipinski definition) is 1. The fourth-order valence-corrected chi connectivity index (χ4v) is 2.88. The second kappa shape index (κ2) is 5.65. The first-order valence-corrected chi connectivity index (χ1v) is 7.66. The summed E-state index contributed by atoms with van der Waals surface area (Å²) in [6.07, 6.45) is 0.614. The molecule has 0 radical (unpaired) electrons. The van der Waals surface area contributed by atoms with Gasteiger partial charge in [-0.2, -0.15) is 0 Å². The van der Waals surface area contributed by atoms with Crippen LogP contribution >= 0.6 is 11.3 Å². The molecule has 1 aliphatic heterocycles. The Morgan fingerprint density at radius 2 is 2.14 bits per heavy atom. The molecule has 1 aromatic heterocycles. The van der Waals surface area contributed by atoms with E-state index in [2.05, 4.69) is 10.3 Å². The molecular weight excluding hydrogens is 286 g/mol. The zero-order chi connectivity index (χ0) is 14.8. The first kappa shape index (κ1) is 13.8. The standard InChI is InChI=1S/C15H15N3O2S/c1-10-2-4-11(5-3-10)18-7-6-12(15(18)20)17-14(19)13-8-21-9-16-13/h2-5,8-9,12H,6-7H2,1H3,(H,17,19)/t12-/m0/s1. The summed E-state index contributed by atoms with van der Waals surface area (Å²) in [6, 6.07) is 7.34. The van der Waals surface area contributed by atoms with Gasteiger partial charge in [-0.15, -0.1) is 11.3 Å². The number of aromatic nitrogens is 1. The highest BCUT2D eigenvalue weighted by Gasteiger charge is 2.33. The number of carbonyl (C=O) groups excluding carboxylic acids is 2. The summed E-state index contributed by atoms with van der Waals surface area (Å²) >= 11 is 1.36. The zero-order valence-electron chi connectivity index (χ0n) is 11.6. The van der Waals surface area contributed by atoms with E-state index in [0.29, 0.717) is 18.7 Å². The van der Waals surface area contributed by atoms with Crippen LogP contribution in [0.25, 0.3) is 0 Å². The number of rotatable bonds is 3. The summed E-state index contributed by atoms with van der Waals surface area (Å²) in [5.41, 5.74) is 3.99. The van der Waals surface area contributed by atoms with Crippen molar-refractivity contribution >= 4 is 28.8 Å². The quantitative estimate of drug-likeness (QED) is 0.943. The number of benzene rings is 1. The van der Waals surface area contributed by atoms with E-state index in [9.17, 15) is 9.59 Å². The normalized spacial score (nSPS) is 18.0. The molecule has 2 amide bonds. The molecular formula is C15H15N3O2S. The van der Waals surface area contributed by atoms with Gasteiger partial charge in [-0.25, -0.2) is 4.98 Å². The largest absolute Gasteiger partial charge is 0.339 e. The van der Waals surface area contributed by atoms with Crippen LogP contribution in [0.4, 0.5) is 5.69 Å². The van der Waals surface area contributed by atoms with Crippen LogP contribution in [0.3, 0.4) is 0 Å². The van der Waals surface area contributed by atoms with Crippen molar-refractivity contribution in [1.82, 2.24) is 10.3 Å². The molecule has 0 unspecified atom stereocenters. The third-order valence-corrected chi connectivity index (χ3v) is 4.11. The molecule has 1 aromatic carbocycles. The van der Waals surface area contributed by atoms with Crippen molar-refractivity contribution < 1.29 is 9.59 Å². The van der Waals surface area contributed by atoms with Crippen LogP contribution in [-0.4, -0.2) is 29.4 Å². The van der Waals surface area contributed by atoms with Gasteiger partial charge in [0.15, 0.2) is 0 Å². The molecule has 0 aliphatic carbocycles. The number of hydrogen-bond acceptors (Lipinski definition) is 4. The lowest BCUT2D eigenvalue weighted by Gasteiger charge is -2.17. The fourth-order valence-electron chi connectivity index (χ4n) is 2.35. The molecule has 1 atom stereocenters. The van der Waals surface area contributed by atoms with E-state index in [1.807, 2.05) is 31.2 Å². The maximum Gasteiger partial charge on any atom is 0.271 e. The van der Waals surface area contributed by atoms with Crippen LogP contribution in [0.2, 0.25) is 0 Å². The van der Waals surface area contributed by atoms with E-state index in [0.717, 1.165) is 11.3 Å². The van der Waals surface area contributed by atoms with Gasteiger partial charge in [0.25, 0.3) is 5.91 Å². The molecule has 5 nitrogen and oxygen atoms in total. The van der Waals surface area contributed by atoms with E-state index in [-0.39, 0.29) is 11.8 Å². The average Bonchev–Trinajstić information content (AvgIpc) is 3.11. The maximum atomic E-state index is 12.4. The SMILES string of the molecule is Cc1ccc(N2CC[C@H](NC(=O)c3cscn3)C2=O)cc1. The van der Waals surface area contributed by atoms with Crippen LogP contribution in [0.1, 0.15) is 22.5 Å². The lowest BCUT2D eigenvalue weighted by atomic mass is 10.2. The zero-order valence-corrected chi connectivity index (χ0v) is 12.4. The Labute approximate surface area is 126 Å². The molecule has 2 heterocycles. The summed E-state index contributed by atoms with van der Waals surface area (Å²) in [5, 5.41) is 4.43. The minimum absolute atomic E-state index is 0.0672. The van der Waals surface area contributed by atoms with Gasteiger partial charge in [-0.05, 0) is 25.5 Å². The molecule has 108 valence electrons. The Morgan fingerprint density at radius 3 is 2.81 bits per heavy atom. The predicted molar refractivity (Wildman–Crippen MR) is 81.5 cm³/mol. The van der Waals surface area contributed by atoms with E-state index >= 15 is 0 Å². The Bertz CT molecular complexity index is 652. The van der Waals surface area contributed by atoms with E-state index in [1.165, 1.54) is 11.3 Å². The molecule has 2 aromatic rings. The smallest absolute Gasteiger partial charge is 0.271 e. The molecule has 1 N–H and O–H groups in total. The fraction of sp³-hybridized carbons (Fsp3) is 0.267. The minimum atomic E-state index is -0.472. The summed E-state index contributed by atoms with van der Waals surface area (Å²) in [6.45, 7) is 2.62. The van der Waals surface area contributed by atoms with Crippen molar-refractivity contribution in [3.63, 3.8) is 0 Å². The number of aryl methyl sites for hydroxylation is 1. The van der Waals surface area contributed by atoms with Gasteiger partial charge in [0.1, 0.15) is 11.7 Å². The molecule has 1 saturated heterocycles. The first-order chi connectivity index (χ1) is 10.1. The van der Waals surface area contributed by atoms with Crippen LogP contribution in [0.5, 0.6) is 0 Å². The van der Waals surface area contributed by atoms with Crippen molar-refractivity contribution in [2.45, 2.75) is 19.4 Å². The highest BCUT2D eigenvalue weighted by atomic mass is 32.1. The number of carbonyl (C=O) groups is 2. The Hall–Kier alpha value is -2.21. The first-order valence-electron chi connectivity index (χ1n) is 6.72. The average molecular weight is 301 g/mol.